The lowest BCUT2D eigenvalue weighted by atomic mass is 10.0. The minimum Gasteiger partial charge on any atom is -0.497 e. The SMILES string of the molecule is COc1ccc(-n2nc(C(F)(F)F)c3c2C(=O)N(c2ccc(C4=NCCN4S(C)(=O)=O)cc2)CC3)cc1. The number of benzene rings is 2. The zero-order valence-corrected chi connectivity index (χ0v) is 20.7. The van der Waals surface area contributed by atoms with Crippen LogP contribution in [0.2, 0.25) is 0 Å². The second-order valence-electron chi connectivity index (χ2n) is 8.58. The van der Waals surface area contributed by atoms with Crippen molar-refractivity contribution in [3.8, 4) is 11.4 Å². The molecular formula is C24H22F3N5O4S. The van der Waals surface area contributed by atoms with Crippen LogP contribution in [0.5, 0.6) is 5.75 Å². The van der Waals surface area contributed by atoms with Gasteiger partial charge in [-0.25, -0.2) is 13.1 Å². The third kappa shape index (κ3) is 4.43. The number of ether oxygens (including phenoxy) is 1. The highest BCUT2D eigenvalue weighted by Gasteiger charge is 2.43. The fourth-order valence-electron chi connectivity index (χ4n) is 4.52. The van der Waals surface area contributed by atoms with E-state index in [0.717, 1.165) is 10.9 Å². The van der Waals surface area contributed by atoms with Crippen molar-refractivity contribution in [2.45, 2.75) is 12.6 Å². The molecule has 0 radical (unpaired) electrons. The van der Waals surface area contributed by atoms with Gasteiger partial charge in [-0.1, -0.05) is 0 Å². The van der Waals surface area contributed by atoms with Gasteiger partial charge < -0.3 is 9.64 Å². The van der Waals surface area contributed by atoms with E-state index in [4.69, 9.17) is 4.74 Å². The van der Waals surface area contributed by atoms with Crippen LogP contribution in [0, 0.1) is 0 Å². The first-order valence-electron chi connectivity index (χ1n) is 11.3. The number of sulfonamides is 1. The van der Waals surface area contributed by atoms with Gasteiger partial charge >= 0.3 is 6.18 Å². The van der Waals surface area contributed by atoms with E-state index in [1.807, 2.05) is 0 Å². The van der Waals surface area contributed by atoms with Crippen molar-refractivity contribution in [2.75, 3.05) is 37.9 Å². The van der Waals surface area contributed by atoms with Gasteiger partial charge in [-0.05, 0) is 55.0 Å². The number of nitrogens with zero attached hydrogens (tertiary/aromatic N) is 5. The number of hydrogen-bond acceptors (Lipinski definition) is 6. The molecule has 0 unspecified atom stereocenters. The number of anilines is 1. The second-order valence-corrected chi connectivity index (χ2v) is 10.5. The molecular weight excluding hydrogens is 511 g/mol. The van der Waals surface area contributed by atoms with Crippen molar-refractivity contribution in [1.82, 2.24) is 14.1 Å². The molecule has 0 aliphatic carbocycles. The van der Waals surface area contributed by atoms with Crippen molar-refractivity contribution < 1.29 is 31.1 Å². The number of methoxy groups -OCH3 is 1. The molecule has 0 fully saturated rings. The highest BCUT2D eigenvalue weighted by atomic mass is 32.2. The molecule has 0 atom stereocenters. The summed E-state index contributed by atoms with van der Waals surface area (Å²) >= 11 is 0. The molecule has 3 heterocycles. The standard InChI is InChI=1S/C24H22F3N5O4S/c1-36-18-9-7-17(8-10-18)32-20-19(21(29-32)24(25,26)27)11-13-30(23(20)33)16-5-3-15(4-6-16)22-28-12-14-31(22)37(2,34)35/h3-10H,11-14H2,1-2H3. The Bertz CT molecular complexity index is 1500. The lowest BCUT2D eigenvalue weighted by Crippen LogP contribution is -2.39. The number of alkyl halides is 3. The third-order valence-corrected chi connectivity index (χ3v) is 7.40. The molecule has 0 spiro atoms. The lowest BCUT2D eigenvalue weighted by Gasteiger charge is -2.28. The zero-order chi connectivity index (χ0) is 26.5. The summed E-state index contributed by atoms with van der Waals surface area (Å²) in [6.45, 7) is 0.619. The third-order valence-electron chi connectivity index (χ3n) is 6.24. The minimum atomic E-state index is -4.72. The number of fused-ring (bicyclic) bond motifs is 1. The fourth-order valence-corrected chi connectivity index (χ4v) is 5.41. The van der Waals surface area contributed by atoms with E-state index in [0.29, 0.717) is 35.1 Å². The van der Waals surface area contributed by atoms with Crippen LogP contribution in [-0.2, 0) is 22.6 Å². The number of amidine groups is 1. The number of halogens is 3. The summed E-state index contributed by atoms with van der Waals surface area (Å²) in [5.41, 5.74) is -0.0825. The highest BCUT2D eigenvalue weighted by molar-refractivity contribution is 7.88. The van der Waals surface area contributed by atoms with Crippen LogP contribution >= 0.6 is 0 Å². The Hall–Kier alpha value is -3.87. The molecule has 1 aromatic heterocycles. The molecule has 3 aromatic rings. The number of aliphatic imine (C=N–C) groups is 1. The van der Waals surface area contributed by atoms with Gasteiger partial charge in [0.1, 0.15) is 17.3 Å². The first-order chi connectivity index (χ1) is 17.5. The number of amides is 1. The predicted molar refractivity (Wildman–Crippen MR) is 130 cm³/mol. The maximum atomic E-state index is 13.8. The number of carbonyl (C=O) groups is 1. The molecule has 0 saturated heterocycles. The molecule has 2 aromatic carbocycles. The summed E-state index contributed by atoms with van der Waals surface area (Å²) in [6.07, 6.45) is -3.66. The second kappa shape index (κ2) is 8.91. The Labute approximate surface area is 210 Å². The number of carbonyl (C=O) groups excluding carboxylic acids is 1. The van der Waals surface area contributed by atoms with Crippen molar-refractivity contribution in [1.29, 1.82) is 0 Å². The summed E-state index contributed by atoms with van der Waals surface area (Å²) in [6, 6.07) is 12.7. The molecule has 2 aliphatic heterocycles. The van der Waals surface area contributed by atoms with Gasteiger partial charge in [0.15, 0.2) is 5.69 Å². The predicted octanol–water partition coefficient (Wildman–Crippen LogP) is 3.12. The van der Waals surface area contributed by atoms with Gasteiger partial charge in [-0.2, -0.15) is 18.3 Å². The number of rotatable bonds is 5. The monoisotopic (exact) mass is 533 g/mol. The molecule has 0 saturated carbocycles. The molecule has 0 bridgehead atoms. The topological polar surface area (TPSA) is 97.1 Å². The van der Waals surface area contributed by atoms with Crippen LogP contribution in [0.1, 0.15) is 27.3 Å². The highest BCUT2D eigenvalue weighted by Crippen LogP contribution is 2.37. The van der Waals surface area contributed by atoms with Crippen LogP contribution in [0.25, 0.3) is 5.69 Å². The zero-order valence-electron chi connectivity index (χ0n) is 19.9. The minimum absolute atomic E-state index is 0.0268. The molecule has 9 nitrogen and oxygen atoms in total. The normalized spacial score (nSPS) is 16.1. The van der Waals surface area contributed by atoms with E-state index in [-0.39, 0.29) is 30.8 Å². The fraction of sp³-hybridized carbons (Fsp3) is 0.292. The largest absolute Gasteiger partial charge is 0.497 e. The van der Waals surface area contributed by atoms with Crippen molar-refractivity contribution in [3.05, 3.63) is 71.0 Å². The van der Waals surface area contributed by atoms with Gasteiger partial charge in [0.25, 0.3) is 5.91 Å². The van der Waals surface area contributed by atoms with Gasteiger partial charge in [-0.3, -0.25) is 14.1 Å². The molecule has 2 aliphatic rings. The number of aromatic nitrogens is 2. The molecule has 194 valence electrons. The maximum Gasteiger partial charge on any atom is 0.435 e. The smallest absolute Gasteiger partial charge is 0.435 e. The van der Waals surface area contributed by atoms with E-state index < -0.39 is 27.8 Å². The maximum absolute atomic E-state index is 13.8. The van der Waals surface area contributed by atoms with E-state index in [9.17, 15) is 26.4 Å². The number of hydrogen-bond donors (Lipinski definition) is 0. The van der Waals surface area contributed by atoms with E-state index in [1.165, 1.54) is 28.4 Å². The van der Waals surface area contributed by atoms with Crippen LogP contribution < -0.4 is 9.64 Å². The van der Waals surface area contributed by atoms with Gasteiger partial charge in [0.05, 0.1) is 32.1 Å². The molecule has 1 amide bonds. The van der Waals surface area contributed by atoms with Crippen LogP contribution in [-0.4, -0.2) is 67.2 Å². The Kier molecular flexibility index (Phi) is 5.97. The average Bonchev–Trinajstić information content (AvgIpc) is 3.51. The van der Waals surface area contributed by atoms with Crippen molar-refractivity contribution in [3.63, 3.8) is 0 Å². The molecule has 13 heteroatoms. The first-order valence-corrected chi connectivity index (χ1v) is 13.1. The average molecular weight is 534 g/mol. The summed E-state index contributed by atoms with van der Waals surface area (Å²) in [7, 11) is -2.02. The summed E-state index contributed by atoms with van der Waals surface area (Å²) in [5.74, 6) is 0.202. The van der Waals surface area contributed by atoms with Gasteiger partial charge in [0, 0.05) is 23.4 Å². The van der Waals surface area contributed by atoms with E-state index >= 15 is 0 Å². The molecule has 0 N–H and O–H groups in total. The summed E-state index contributed by atoms with van der Waals surface area (Å²) in [5, 5.41) is 3.79. The van der Waals surface area contributed by atoms with Crippen LogP contribution in [0.4, 0.5) is 18.9 Å². The Morgan fingerprint density at radius 3 is 2.22 bits per heavy atom. The summed E-state index contributed by atoms with van der Waals surface area (Å²) < 4.78 is 72.8. The van der Waals surface area contributed by atoms with Gasteiger partial charge in [-0.15, -0.1) is 0 Å². The van der Waals surface area contributed by atoms with E-state index in [2.05, 4.69) is 10.1 Å². The molecule has 37 heavy (non-hydrogen) atoms. The lowest BCUT2D eigenvalue weighted by molar-refractivity contribution is -0.141. The van der Waals surface area contributed by atoms with Crippen molar-refractivity contribution >= 4 is 27.5 Å². The quantitative estimate of drug-likeness (QED) is 0.502. The Morgan fingerprint density at radius 1 is 0.973 bits per heavy atom. The Morgan fingerprint density at radius 2 is 1.62 bits per heavy atom. The van der Waals surface area contributed by atoms with E-state index in [1.54, 1.807) is 36.4 Å². The first kappa shape index (κ1) is 24.8. The van der Waals surface area contributed by atoms with Crippen LogP contribution in [0.3, 0.4) is 0 Å². The van der Waals surface area contributed by atoms with Crippen molar-refractivity contribution in [2.24, 2.45) is 4.99 Å². The summed E-state index contributed by atoms with van der Waals surface area (Å²) in [4.78, 5) is 19.2. The Balaban J connectivity index is 1.51. The van der Waals surface area contributed by atoms with Gasteiger partial charge in [0.2, 0.25) is 10.0 Å². The molecule has 5 rings (SSSR count). The van der Waals surface area contributed by atoms with Crippen LogP contribution in [0.15, 0.2) is 53.5 Å².